The number of sulfonamides is 1. The first-order valence-electron chi connectivity index (χ1n) is 9.15. The fraction of sp³-hybridized carbons (Fsp3) is 0.400. The van der Waals surface area contributed by atoms with Crippen LogP contribution in [-0.4, -0.2) is 38.6 Å². The standard InChI is InChI=1S/C20H25N3O2S/c1-16-7-8-18-19(15-16)26(24,25)22-20(21-18)10-13-23(14-11-20)12-9-17-5-3-2-4-6-17/h2-8,15,21-22H,9-14H2,1H3. The summed E-state index contributed by atoms with van der Waals surface area (Å²) >= 11 is 0. The second-order valence-electron chi connectivity index (χ2n) is 7.39. The second kappa shape index (κ2) is 6.68. The molecule has 0 aromatic heterocycles. The Morgan fingerprint density at radius 2 is 1.81 bits per heavy atom. The Bertz CT molecular complexity index is 889. The molecule has 0 atom stereocenters. The number of aryl methyl sites for hydroxylation is 1. The predicted octanol–water partition coefficient (Wildman–Crippen LogP) is 2.73. The molecule has 0 aliphatic carbocycles. The van der Waals surface area contributed by atoms with Gasteiger partial charge in [-0.25, -0.2) is 8.42 Å². The van der Waals surface area contributed by atoms with Gasteiger partial charge >= 0.3 is 0 Å². The molecule has 4 rings (SSSR count). The molecule has 2 N–H and O–H groups in total. The molecule has 26 heavy (non-hydrogen) atoms. The van der Waals surface area contributed by atoms with Crippen LogP contribution in [0.2, 0.25) is 0 Å². The minimum Gasteiger partial charge on any atom is -0.365 e. The zero-order valence-corrected chi connectivity index (χ0v) is 15.8. The van der Waals surface area contributed by atoms with Crippen LogP contribution in [0.3, 0.4) is 0 Å². The maximum absolute atomic E-state index is 12.7. The smallest absolute Gasteiger partial charge is 0.244 e. The monoisotopic (exact) mass is 371 g/mol. The molecule has 138 valence electrons. The molecule has 0 saturated carbocycles. The summed E-state index contributed by atoms with van der Waals surface area (Å²) in [5.74, 6) is 0. The zero-order chi connectivity index (χ0) is 18.2. The van der Waals surface area contributed by atoms with Gasteiger partial charge in [0.2, 0.25) is 10.0 Å². The summed E-state index contributed by atoms with van der Waals surface area (Å²) in [6.07, 6.45) is 2.54. The van der Waals surface area contributed by atoms with E-state index < -0.39 is 15.7 Å². The third kappa shape index (κ3) is 3.49. The van der Waals surface area contributed by atoms with Gasteiger partial charge in [0.05, 0.1) is 5.69 Å². The first-order chi connectivity index (χ1) is 12.5. The highest BCUT2D eigenvalue weighted by Gasteiger charge is 2.42. The number of piperidine rings is 1. The molecule has 1 spiro atoms. The van der Waals surface area contributed by atoms with Gasteiger partial charge in [-0.15, -0.1) is 0 Å². The molecule has 2 aliphatic heterocycles. The van der Waals surface area contributed by atoms with Gasteiger partial charge in [0.1, 0.15) is 10.6 Å². The van der Waals surface area contributed by atoms with Gasteiger partial charge in [0.15, 0.2) is 0 Å². The van der Waals surface area contributed by atoms with Crippen molar-refractivity contribution in [2.24, 2.45) is 0 Å². The van der Waals surface area contributed by atoms with Crippen LogP contribution >= 0.6 is 0 Å². The SMILES string of the molecule is Cc1ccc2c(c1)S(=O)(=O)NC1(CCN(CCc3ccccc3)CC1)N2. The Hall–Kier alpha value is -1.89. The topological polar surface area (TPSA) is 61.4 Å². The molecule has 1 fully saturated rings. The molecule has 0 amide bonds. The van der Waals surface area contributed by atoms with Crippen molar-refractivity contribution >= 4 is 15.7 Å². The molecule has 5 nitrogen and oxygen atoms in total. The Morgan fingerprint density at radius 3 is 2.54 bits per heavy atom. The van der Waals surface area contributed by atoms with E-state index in [0.717, 1.165) is 44.5 Å². The van der Waals surface area contributed by atoms with Crippen LogP contribution in [0.4, 0.5) is 5.69 Å². The van der Waals surface area contributed by atoms with Gasteiger partial charge in [-0.1, -0.05) is 36.4 Å². The number of likely N-dealkylation sites (tertiary alicyclic amines) is 1. The first-order valence-corrected chi connectivity index (χ1v) is 10.6. The molecule has 0 bridgehead atoms. The number of anilines is 1. The minimum atomic E-state index is -3.48. The molecule has 2 heterocycles. The summed E-state index contributed by atoms with van der Waals surface area (Å²) in [5, 5.41) is 3.47. The number of nitrogens with zero attached hydrogens (tertiary/aromatic N) is 1. The average Bonchev–Trinajstić information content (AvgIpc) is 2.63. The van der Waals surface area contributed by atoms with Crippen molar-refractivity contribution in [3.63, 3.8) is 0 Å². The Morgan fingerprint density at radius 1 is 1.08 bits per heavy atom. The highest BCUT2D eigenvalue weighted by molar-refractivity contribution is 7.89. The van der Waals surface area contributed by atoms with Crippen LogP contribution in [0.5, 0.6) is 0 Å². The third-order valence-electron chi connectivity index (χ3n) is 5.40. The number of rotatable bonds is 3. The van der Waals surface area contributed by atoms with Gasteiger partial charge in [0, 0.05) is 19.6 Å². The van der Waals surface area contributed by atoms with E-state index in [-0.39, 0.29) is 0 Å². The third-order valence-corrected chi connectivity index (χ3v) is 6.98. The van der Waals surface area contributed by atoms with E-state index in [1.165, 1.54) is 5.56 Å². The fourth-order valence-electron chi connectivity index (χ4n) is 3.87. The number of hydrogen-bond donors (Lipinski definition) is 2. The van der Waals surface area contributed by atoms with Crippen LogP contribution in [0.25, 0.3) is 0 Å². The van der Waals surface area contributed by atoms with Crippen molar-refractivity contribution in [1.82, 2.24) is 9.62 Å². The van der Waals surface area contributed by atoms with Crippen LogP contribution in [0, 0.1) is 6.92 Å². The van der Waals surface area contributed by atoms with Crippen LogP contribution in [0.1, 0.15) is 24.0 Å². The summed E-state index contributed by atoms with van der Waals surface area (Å²) in [5.41, 5.74) is 2.44. The Balaban J connectivity index is 1.43. The number of hydrogen-bond acceptors (Lipinski definition) is 4. The first kappa shape index (κ1) is 17.5. The summed E-state index contributed by atoms with van der Waals surface area (Å²) in [4.78, 5) is 2.77. The van der Waals surface area contributed by atoms with E-state index in [1.807, 2.05) is 25.1 Å². The normalized spacial score (nSPS) is 21.1. The maximum Gasteiger partial charge on any atom is 0.244 e. The van der Waals surface area contributed by atoms with E-state index in [9.17, 15) is 8.42 Å². The van der Waals surface area contributed by atoms with E-state index in [1.54, 1.807) is 6.07 Å². The lowest BCUT2D eigenvalue weighted by Crippen LogP contribution is -2.62. The molecule has 1 saturated heterocycles. The van der Waals surface area contributed by atoms with Gasteiger partial charge in [0.25, 0.3) is 0 Å². The van der Waals surface area contributed by atoms with Crippen molar-refractivity contribution in [1.29, 1.82) is 0 Å². The van der Waals surface area contributed by atoms with E-state index in [4.69, 9.17) is 0 Å². The molecular weight excluding hydrogens is 346 g/mol. The van der Waals surface area contributed by atoms with E-state index in [0.29, 0.717) is 10.6 Å². The number of benzene rings is 2. The quantitative estimate of drug-likeness (QED) is 0.871. The molecule has 6 heteroatoms. The lowest BCUT2D eigenvalue weighted by Gasteiger charge is -2.45. The second-order valence-corrected chi connectivity index (χ2v) is 9.04. The van der Waals surface area contributed by atoms with Crippen molar-refractivity contribution in [2.75, 3.05) is 25.0 Å². The molecular formula is C20H25N3O2S. The Kier molecular flexibility index (Phi) is 4.50. The molecule has 2 aromatic rings. The van der Waals surface area contributed by atoms with Crippen molar-refractivity contribution in [2.45, 2.75) is 36.7 Å². The lowest BCUT2D eigenvalue weighted by atomic mass is 9.96. The molecule has 0 radical (unpaired) electrons. The predicted molar refractivity (Wildman–Crippen MR) is 104 cm³/mol. The largest absolute Gasteiger partial charge is 0.365 e. The Labute approximate surface area is 155 Å². The lowest BCUT2D eigenvalue weighted by molar-refractivity contribution is 0.166. The average molecular weight is 372 g/mol. The number of fused-ring (bicyclic) bond motifs is 1. The summed E-state index contributed by atoms with van der Waals surface area (Å²) < 4.78 is 28.4. The van der Waals surface area contributed by atoms with E-state index >= 15 is 0 Å². The van der Waals surface area contributed by atoms with Gasteiger partial charge in [-0.05, 0) is 49.4 Å². The fourth-order valence-corrected chi connectivity index (χ4v) is 5.50. The molecule has 2 aliphatic rings. The zero-order valence-electron chi connectivity index (χ0n) is 15.0. The van der Waals surface area contributed by atoms with Crippen molar-refractivity contribution < 1.29 is 8.42 Å². The van der Waals surface area contributed by atoms with Gasteiger partial charge < -0.3 is 10.2 Å². The summed E-state index contributed by atoms with van der Waals surface area (Å²) in [6, 6.07) is 16.0. The van der Waals surface area contributed by atoms with Crippen LogP contribution in [0.15, 0.2) is 53.4 Å². The van der Waals surface area contributed by atoms with Crippen molar-refractivity contribution in [3.05, 3.63) is 59.7 Å². The van der Waals surface area contributed by atoms with Gasteiger partial charge in [-0.3, -0.25) is 0 Å². The van der Waals surface area contributed by atoms with Gasteiger partial charge in [-0.2, -0.15) is 4.72 Å². The maximum atomic E-state index is 12.7. The van der Waals surface area contributed by atoms with Crippen molar-refractivity contribution in [3.8, 4) is 0 Å². The minimum absolute atomic E-state index is 0.356. The highest BCUT2D eigenvalue weighted by Crippen LogP contribution is 2.35. The van der Waals surface area contributed by atoms with Crippen LogP contribution < -0.4 is 10.0 Å². The number of nitrogens with one attached hydrogen (secondary N) is 2. The van der Waals surface area contributed by atoms with Crippen LogP contribution in [-0.2, 0) is 16.4 Å². The molecule has 0 unspecified atom stereocenters. The van der Waals surface area contributed by atoms with E-state index in [2.05, 4.69) is 39.2 Å². The summed E-state index contributed by atoms with van der Waals surface area (Å²) in [6.45, 7) is 4.67. The molecule has 2 aromatic carbocycles. The highest BCUT2D eigenvalue weighted by atomic mass is 32.2. The summed E-state index contributed by atoms with van der Waals surface area (Å²) in [7, 11) is -3.48.